The third-order valence-electron chi connectivity index (χ3n) is 14.3. The molecule has 1 saturated heterocycles. The number of fused-ring (bicyclic) bond motifs is 2. The van der Waals surface area contributed by atoms with Gasteiger partial charge in [0.2, 0.25) is 11.8 Å². The Balaban J connectivity index is 0.647. The molecule has 4 aromatic carbocycles. The number of carbonyl (C=O) groups is 5. The van der Waals surface area contributed by atoms with Crippen molar-refractivity contribution in [2.75, 3.05) is 84.5 Å². The minimum Gasteiger partial charge on any atom is -0.508 e. The van der Waals surface area contributed by atoms with Crippen molar-refractivity contribution < 1.29 is 67.0 Å². The maximum atomic E-state index is 14.4. The number of carbonyl (C=O) groups excluding carboxylic acids is 5. The molecule has 4 atom stereocenters. The molecule has 3 aliphatic heterocycles. The summed E-state index contributed by atoms with van der Waals surface area (Å²) in [6.45, 7) is 9.26. The van der Waals surface area contributed by atoms with Crippen molar-refractivity contribution in [3.05, 3.63) is 146 Å². The molecule has 9 rings (SSSR count). The fraction of sp³-hybridized carbons (Fsp3) is 0.393. The zero-order valence-corrected chi connectivity index (χ0v) is 48.4. The monoisotopic (exact) mass is 1190 g/mol. The van der Waals surface area contributed by atoms with Gasteiger partial charge in [-0.2, -0.15) is 0 Å². The number of phenolic OH excluding ortho intramolecular Hbond substituents is 1. The third kappa shape index (κ3) is 15.0. The predicted octanol–water partition coefficient (Wildman–Crippen LogP) is 6.53. The highest BCUT2D eigenvalue weighted by Crippen LogP contribution is 2.38. The van der Waals surface area contributed by atoms with Crippen LogP contribution >= 0.6 is 22.7 Å². The van der Waals surface area contributed by atoms with Gasteiger partial charge in [-0.3, -0.25) is 29.3 Å². The lowest BCUT2D eigenvalue weighted by Crippen LogP contribution is -2.55. The molecule has 23 heteroatoms. The molecule has 0 aliphatic carbocycles. The smallest absolute Gasteiger partial charge is 0.256 e. The first-order valence-corrected chi connectivity index (χ1v) is 29.3. The number of aromatic nitrogens is 2. The molecule has 442 valence electrons. The Bertz CT molecular complexity index is 3350. The fourth-order valence-electron chi connectivity index (χ4n) is 10.3. The van der Waals surface area contributed by atoms with Crippen LogP contribution in [0.5, 0.6) is 11.5 Å². The number of hydrogen-bond acceptors (Lipinski definition) is 17. The first-order chi connectivity index (χ1) is 40.8. The van der Waals surface area contributed by atoms with Crippen LogP contribution < -0.4 is 15.4 Å². The molecule has 5 heterocycles. The van der Waals surface area contributed by atoms with Crippen molar-refractivity contribution in [3.8, 4) is 33.8 Å². The molecule has 20 nitrogen and oxygen atoms in total. The van der Waals surface area contributed by atoms with Gasteiger partial charge in [-0.05, 0) is 65.9 Å². The molecular weight excluding hydrogens is 1120 g/mol. The van der Waals surface area contributed by atoms with Crippen molar-refractivity contribution in [1.29, 1.82) is 0 Å². The first-order valence-electron chi connectivity index (χ1n) is 27.6. The topological polar surface area (TPSA) is 241 Å². The highest BCUT2D eigenvalue weighted by molar-refractivity contribution is 7.14. The van der Waals surface area contributed by atoms with E-state index in [0.717, 1.165) is 39.9 Å². The van der Waals surface area contributed by atoms with Gasteiger partial charge in [0.15, 0.2) is 5.13 Å². The summed E-state index contributed by atoms with van der Waals surface area (Å²) in [5, 5.41) is 29.1. The van der Waals surface area contributed by atoms with Crippen LogP contribution in [0.4, 0.5) is 9.52 Å². The number of likely N-dealkylation sites (tertiary alicyclic amines) is 1. The van der Waals surface area contributed by atoms with Crippen molar-refractivity contribution in [1.82, 2.24) is 30.0 Å². The zero-order chi connectivity index (χ0) is 59.1. The van der Waals surface area contributed by atoms with E-state index in [0.29, 0.717) is 86.4 Å². The fourth-order valence-corrected chi connectivity index (χ4v) is 11.6. The van der Waals surface area contributed by atoms with Crippen LogP contribution in [0.1, 0.15) is 80.5 Å². The second kappa shape index (κ2) is 29.2. The van der Waals surface area contributed by atoms with E-state index in [-0.39, 0.29) is 86.7 Å². The number of β-amino-alcohol motifs (C(OH)–C–C–N with tert-alkyl or cyclic N) is 1. The molecule has 3 aliphatic rings. The lowest BCUT2D eigenvalue weighted by molar-refractivity contribution is -0.143. The lowest BCUT2D eigenvalue weighted by atomic mass is 10.0. The minimum absolute atomic E-state index is 0.0188. The summed E-state index contributed by atoms with van der Waals surface area (Å²) in [5.41, 5.74) is 6.99. The van der Waals surface area contributed by atoms with Crippen LogP contribution in [-0.2, 0) is 57.7 Å². The number of nitrogens with one attached hydrogen (secondary N) is 2. The molecule has 0 unspecified atom stereocenters. The third-order valence-corrected chi connectivity index (χ3v) is 16.0. The maximum Gasteiger partial charge on any atom is 0.256 e. The van der Waals surface area contributed by atoms with Crippen LogP contribution in [0.15, 0.2) is 96.0 Å². The molecule has 0 radical (unpaired) electrons. The van der Waals surface area contributed by atoms with Gasteiger partial charge in [0.05, 0.1) is 87.2 Å². The molecule has 2 aromatic heterocycles. The Morgan fingerprint density at radius 3 is 2.20 bits per heavy atom. The number of benzene rings is 4. The number of thiazole rings is 2. The Hall–Kier alpha value is -7.66. The number of halogens is 1. The van der Waals surface area contributed by atoms with E-state index >= 15 is 0 Å². The van der Waals surface area contributed by atoms with Crippen molar-refractivity contribution in [3.63, 3.8) is 0 Å². The quantitative estimate of drug-likeness (QED) is 0.0302. The van der Waals surface area contributed by atoms with Gasteiger partial charge in [0.1, 0.15) is 48.7 Å². The van der Waals surface area contributed by atoms with E-state index in [4.69, 9.17) is 28.4 Å². The second-order valence-electron chi connectivity index (χ2n) is 20.3. The summed E-state index contributed by atoms with van der Waals surface area (Å²) in [6, 6.07) is 18.4. The summed E-state index contributed by atoms with van der Waals surface area (Å²) in [6.07, 6.45) is 0.682. The molecule has 6 aromatic rings. The minimum atomic E-state index is -1.36. The average molecular weight is 1190 g/mol. The van der Waals surface area contributed by atoms with E-state index < -0.39 is 47.8 Å². The molecule has 84 heavy (non-hydrogen) atoms. The lowest BCUT2D eigenvalue weighted by Gasteiger charge is -2.35. The zero-order valence-electron chi connectivity index (χ0n) is 46.8. The summed E-state index contributed by atoms with van der Waals surface area (Å²) in [5.74, 6) is 3.05. The van der Waals surface area contributed by atoms with Crippen molar-refractivity contribution in [2.24, 2.45) is 5.92 Å². The standard InChI is InChI=1S/C61H66FN7O13S2/c1-38(2)53(68-34-43-8-4-5-12-47(43)58(68)74)60(76)67-36-46(70)32-49(67)56(72)64-33-42-14-13-41(55-39(3)65-37-84-55)30-51(42)82-28-27-81-26-25-80-24-23-79-22-21-78-20-19-77-18-7-11-40-9-6-10-44-35-69(59(75)52(40)44)54(48-31-45(62)15-16-50(48)71)57(73)66-61-63-17-29-83-61/h4-6,8-10,12-17,29-31,37-38,46,49,53-54,70-71H,18-28,32-36H2,1-3H3,(H,64,72)(H,63,66,73)/t46-,49+,53+,54-/m1/s1. The van der Waals surface area contributed by atoms with Gasteiger partial charge in [-0.25, -0.2) is 14.4 Å². The van der Waals surface area contributed by atoms with Crippen LogP contribution in [0.3, 0.4) is 0 Å². The highest BCUT2D eigenvalue weighted by Gasteiger charge is 2.46. The molecular formula is C61H66FN7O13S2. The number of aliphatic hydroxyl groups excluding tert-OH is 1. The van der Waals surface area contributed by atoms with E-state index in [2.05, 4.69) is 32.4 Å². The van der Waals surface area contributed by atoms with Crippen LogP contribution in [-0.4, -0.2) is 162 Å². The van der Waals surface area contributed by atoms with Crippen LogP contribution in [0.2, 0.25) is 0 Å². The normalized spacial score (nSPS) is 16.1. The molecule has 0 bridgehead atoms. The predicted molar refractivity (Wildman–Crippen MR) is 310 cm³/mol. The Morgan fingerprint density at radius 1 is 0.810 bits per heavy atom. The van der Waals surface area contributed by atoms with E-state index in [1.54, 1.807) is 46.1 Å². The number of aliphatic hydroxyl groups is 1. The van der Waals surface area contributed by atoms with Gasteiger partial charge in [-0.1, -0.05) is 68.2 Å². The maximum absolute atomic E-state index is 14.4. The highest BCUT2D eigenvalue weighted by atomic mass is 32.1. The largest absolute Gasteiger partial charge is 0.508 e. The van der Waals surface area contributed by atoms with Crippen molar-refractivity contribution >= 4 is 57.3 Å². The molecule has 0 spiro atoms. The Morgan fingerprint density at radius 2 is 1.51 bits per heavy atom. The number of rotatable bonds is 28. The average Bonchev–Trinajstić information content (AvgIpc) is 4.12. The number of nitrogens with zero attached hydrogens (tertiary/aromatic N) is 5. The number of anilines is 1. The number of aryl methyl sites for hydroxylation is 1. The summed E-state index contributed by atoms with van der Waals surface area (Å²) in [7, 11) is 0. The van der Waals surface area contributed by atoms with Gasteiger partial charge in [0, 0.05) is 66.4 Å². The number of amides is 5. The second-order valence-corrected chi connectivity index (χ2v) is 22.1. The number of hydrogen-bond donors (Lipinski definition) is 4. The number of aromatic hydroxyl groups is 1. The summed E-state index contributed by atoms with van der Waals surface area (Å²) >= 11 is 2.69. The molecule has 1 fully saturated rings. The van der Waals surface area contributed by atoms with Crippen LogP contribution in [0.25, 0.3) is 10.4 Å². The SMILES string of the molecule is Cc1ncsc1-c1ccc(CNC(=O)[C@@H]2C[C@@H](O)CN2C(=O)[C@H](C(C)C)N2Cc3ccccc3C2=O)c(OCCOCCOCCOCCOCCOCC#Cc2cccc3c2C(=O)N([C@@H](C(=O)Nc2nccs2)c2cc(F)ccc2O)C3)c1. The van der Waals surface area contributed by atoms with E-state index in [9.17, 15) is 38.6 Å². The Kier molecular flexibility index (Phi) is 21.2. The first kappa shape index (κ1) is 60.9. The van der Waals surface area contributed by atoms with E-state index in [1.165, 1.54) is 38.7 Å². The van der Waals surface area contributed by atoms with Gasteiger partial charge in [-0.15, -0.1) is 22.7 Å². The van der Waals surface area contributed by atoms with Gasteiger partial charge in [0.25, 0.3) is 17.7 Å². The van der Waals surface area contributed by atoms with Crippen LogP contribution in [0, 0.1) is 30.5 Å². The Labute approximate surface area is 493 Å². The molecule has 4 N–H and O–H groups in total. The summed E-state index contributed by atoms with van der Waals surface area (Å²) in [4.78, 5) is 82.9. The van der Waals surface area contributed by atoms with Crippen molar-refractivity contribution in [2.45, 2.75) is 71.1 Å². The van der Waals surface area contributed by atoms with Gasteiger partial charge >= 0.3 is 0 Å². The summed E-state index contributed by atoms with van der Waals surface area (Å²) < 4.78 is 49.0. The van der Waals surface area contributed by atoms with E-state index in [1.807, 2.05) is 51.1 Å². The number of phenols is 1. The molecule has 0 saturated carbocycles. The number of ether oxygens (including phenoxy) is 6. The van der Waals surface area contributed by atoms with Gasteiger partial charge < -0.3 is 58.7 Å². The molecule has 5 amide bonds.